The van der Waals surface area contributed by atoms with E-state index in [1.54, 1.807) is 0 Å². The number of benzene rings is 1. The molecule has 100 valence electrons. The number of amides is 2. The Morgan fingerprint density at radius 2 is 1.89 bits per heavy atom. The zero-order valence-corrected chi connectivity index (χ0v) is 11.5. The normalized spacial score (nSPS) is 30.1. The summed E-state index contributed by atoms with van der Waals surface area (Å²) in [6.45, 7) is 0. The third-order valence-electron chi connectivity index (χ3n) is 4.97. The number of rotatable bonds is 2. The van der Waals surface area contributed by atoms with Gasteiger partial charge in [0.2, 0.25) is 0 Å². The van der Waals surface area contributed by atoms with Crippen molar-refractivity contribution in [3.8, 4) is 0 Å². The largest absolute Gasteiger partial charge is 0.328 e. The smallest absolute Gasteiger partial charge is 0.319 e. The quantitative estimate of drug-likeness (QED) is 0.846. The standard InChI is InChI=1S/C15H17ClN2O/c16-11-6-7-13-12(8-11)15(10-4-5-10,9-2-1-3-9)18-14(19)17-13/h6-10H,1-5H2,(H2,17,18,19). The maximum Gasteiger partial charge on any atom is 0.319 e. The lowest BCUT2D eigenvalue weighted by Crippen LogP contribution is -2.58. The molecule has 2 N–H and O–H groups in total. The van der Waals surface area contributed by atoms with Crippen molar-refractivity contribution < 1.29 is 4.79 Å². The van der Waals surface area contributed by atoms with Crippen LogP contribution in [0.1, 0.15) is 37.7 Å². The van der Waals surface area contributed by atoms with E-state index in [9.17, 15) is 4.79 Å². The minimum Gasteiger partial charge on any atom is -0.328 e. The second-order valence-corrected chi connectivity index (χ2v) is 6.48. The molecular weight excluding hydrogens is 260 g/mol. The maximum atomic E-state index is 12.0. The van der Waals surface area contributed by atoms with Gasteiger partial charge in [-0.25, -0.2) is 4.79 Å². The highest BCUT2D eigenvalue weighted by Gasteiger charge is 2.56. The van der Waals surface area contributed by atoms with Crippen LogP contribution in [-0.4, -0.2) is 6.03 Å². The number of anilines is 1. The van der Waals surface area contributed by atoms with Gasteiger partial charge in [0.25, 0.3) is 0 Å². The van der Waals surface area contributed by atoms with Crippen molar-refractivity contribution in [2.75, 3.05) is 5.32 Å². The number of carbonyl (C=O) groups excluding carboxylic acids is 1. The molecular formula is C15H17ClN2O. The number of halogens is 1. The van der Waals surface area contributed by atoms with E-state index < -0.39 is 0 Å². The Kier molecular flexibility index (Phi) is 2.37. The van der Waals surface area contributed by atoms with Crippen molar-refractivity contribution in [2.45, 2.75) is 37.6 Å². The predicted octanol–water partition coefficient (Wildman–Crippen LogP) is 3.88. The monoisotopic (exact) mass is 276 g/mol. The minimum atomic E-state index is -0.166. The Balaban J connectivity index is 1.90. The van der Waals surface area contributed by atoms with Crippen molar-refractivity contribution in [3.63, 3.8) is 0 Å². The van der Waals surface area contributed by atoms with E-state index in [-0.39, 0.29) is 11.6 Å². The van der Waals surface area contributed by atoms with Crippen LogP contribution < -0.4 is 10.6 Å². The van der Waals surface area contributed by atoms with Gasteiger partial charge in [0.05, 0.1) is 5.54 Å². The molecule has 4 rings (SSSR count). The molecule has 2 aliphatic carbocycles. The summed E-state index contributed by atoms with van der Waals surface area (Å²) in [4.78, 5) is 12.0. The summed E-state index contributed by atoms with van der Waals surface area (Å²) < 4.78 is 0. The van der Waals surface area contributed by atoms with Crippen molar-refractivity contribution in [2.24, 2.45) is 11.8 Å². The zero-order chi connectivity index (χ0) is 13.0. The first-order valence-electron chi connectivity index (χ1n) is 7.09. The summed E-state index contributed by atoms with van der Waals surface area (Å²) in [6, 6.07) is 5.77. The highest BCUT2D eigenvalue weighted by atomic mass is 35.5. The van der Waals surface area contributed by atoms with Gasteiger partial charge in [0.1, 0.15) is 0 Å². The van der Waals surface area contributed by atoms with Gasteiger partial charge in [-0.05, 0) is 55.7 Å². The minimum absolute atomic E-state index is 0.0615. The van der Waals surface area contributed by atoms with Gasteiger partial charge in [-0.1, -0.05) is 18.0 Å². The second-order valence-electron chi connectivity index (χ2n) is 6.04. The molecule has 4 heteroatoms. The van der Waals surface area contributed by atoms with Crippen LogP contribution in [0.5, 0.6) is 0 Å². The number of hydrogen-bond acceptors (Lipinski definition) is 1. The van der Waals surface area contributed by atoms with Crippen LogP contribution in [0.25, 0.3) is 0 Å². The Labute approximate surface area is 117 Å². The van der Waals surface area contributed by atoms with E-state index in [1.165, 1.54) is 37.7 Å². The van der Waals surface area contributed by atoms with Crippen molar-refractivity contribution in [1.29, 1.82) is 0 Å². The molecule has 19 heavy (non-hydrogen) atoms. The van der Waals surface area contributed by atoms with Gasteiger partial charge in [0, 0.05) is 16.3 Å². The average Bonchev–Trinajstić information content (AvgIpc) is 3.11. The molecule has 2 amide bonds. The van der Waals surface area contributed by atoms with Gasteiger partial charge in [-0.15, -0.1) is 0 Å². The molecule has 1 aromatic carbocycles. The van der Waals surface area contributed by atoms with Gasteiger partial charge in [-0.2, -0.15) is 0 Å². The maximum absolute atomic E-state index is 12.0. The number of carbonyl (C=O) groups is 1. The fourth-order valence-corrected chi connectivity index (χ4v) is 3.93. The molecule has 3 aliphatic rings. The van der Waals surface area contributed by atoms with E-state index in [1.807, 2.05) is 18.2 Å². The topological polar surface area (TPSA) is 41.1 Å². The highest BCUT2D eigenvalue weighted by molar-refractivity contribution is 6.30. The van der Waals surface area contributed by atoms with E-state index in [0.29, 0.717) is 11.8 Å². The Morgan fingerprint density at radius 3 is 2.53 bits per heavy atom. The first-order valence-corrected chi connectivity index (χ1v) is 7.47. The molecule has 1 unspecified atom stereocenters. The molecule has 0 saturated heterocycles. The van der Waals surface area contributed by atoms with Crippen LogP contribution in [0, 0.1) is 11.8 Å². The lowest BCUT2D eigenvalue weighted by molar-refractivity contribution is 0.109. The Bertz CT molecular complexity index is 551. The van der Waals surface area contributed by atoms with E-state index in [0.717, 1.165) is 10.7 Å². The second kappa shape index (κ2) is 3.89. The molecule has 0 bridgehead atoms. The van der Waals surface area contributed by atoms with E-state index >= 15 is 0 Å². The van der Waals surface area contributed by atoms with Crippen molar-refractivity contribution >= 4 is 23.3 Å². The first kappa shape index (κ1) is 11.6. The summed E-state index contributed by atoms with van der Waals surface area (Å²) in [5.41, 5.74) is 1.97. The summed E-state index contributed by atoms with van der Waals surface area (Å²) in [6.07, 6.45) is 6.12. The molecule has 3 nitrogen and oxygen atoms in total. The summed E-state index contributed by atoms with van der Waals surface area (Å²) in [5.74, 6) is 1.16. The summed E-state index contributed by atoms with van der Waals surface area (Å²) >= 11 is 6.19. The van der Waals surface area contributed by atoms with Crippen LogP contribution in [-0.2, 0) is 5.54 Å². The van der Waals surface area contributed by atoms with E-state index in [2.05, 4.69) is 10.6 Å². The van der Waals surface area contributed by atoms with Crippen LogP contribution in [0.15, 0.2) is 18.2 Å². The lowest BCUT2D eigenvalue weighted by atomic mass is 9.64. The molecule has 1 aliphatic heterocycles. The SMILES string of the molecule is O=C1Nc2ccc(Cl)cc2C(C2CCC2)(C2CC2)N1. The van der Waals surface area contributed by atoms with Gasteiger partial charge >= 0.3 is 6.03 Å². The molecule has 0 radical (unpaired) electrons. The summed E-state index contributed by atoms with van der Waals surface area (Å²) in [7, 11) is 0. The van der Waals surface area contributed by atoms with Crippen molar-refractivity contribution in [3.05, 3.63) is 28.8 Å². The van der Waals surface area contributed by atoms with Crippen LogP contribution in [0.4, 0.5) is 10.5 Å². The number of urea groups is 1. The number of hydrogen-bond donors (Lipinski definition) is 2. The molecule has 2 fully saturated rings. The fraction of sp³-hybridized carbons (Fsp3) is 0.533. The number of fused-ring (bicyclic) bond motifs is 1. The fourth-order valence-electron chi connectivity index (χ4n) is 3.76. The molecule has 1 aromatic rings. The van der Waals surface area contributed by atoms with Crippen LogP contribution in [0.2, 0.25) is 5.02 Å². The Hall–Kier alpha value is -1.22. The summed E-state index contributed by atoms with van der Waals surface area (Å²) in [5, 5.41) is 6.94. The van der Waals surface area contributed by atoms with Gasteiger partial charge in [-0.3, -0.25) is 0 Å². The Morgan fingerprint density at radius 1 is 1.16 bits per heavy atom. The third kappa shape index (κ3) is 1.61. The zero-order valence-electron chi connectivity index (χ0n) is 10.7. The first-order chi connectivity index (χ1) is 9.20. The molecule has 2 saturated carbocycles. The molecule has 1 heterocycles. The average molecular weight is 277 g/mol. The third-order valence-corrected chi connectivity index (χ3v) is 5.20. The van der Waals surface area contributed by atoms with Gasteiger partial charge < -0.3 is 10.6 Å². The van der Waals surface area contributed by atoms with E-state index in [4.69, 9.17) is 11.6 Å². The van der Waals surface area contributed by atoms with Crippen LogP contribution >= 0.6 is 11.6 Å². The van der Waals surface area contributed by atoms with Gasteiger partial charge in [0.15, 0.2) is 0 Å². The lowest BCUT2D eigenvalue weighted by Gasteiger charge is -2.49. The van der Waals surface area contributed by atoms with Crippen LogP contribution in [0.3, 0.4) is 0 Å². The molecule has 0 spiro atoms. The highest BCUT2D eigenvalue weighted by Crippen LogP contribution is 2.57. The van der Waals surface area contributed by atoms with Crippen molar-refractivity contribution in [1.82, 2.24) is 5.32 Å². The number of nitrogens with one attached hydrogen (secondary N) is 2. The predicted molar refractivity (Wildman–Crippen MR) is 75.3 cm³/mol. The molecule has 1 atom stereocenters. The molecule has 0 aromatic heterocycles.